The van der Waals surface area contributed by atoms with Gasteiger partial charge in [-0.05, 0) is 24.3 Å². The van der Waals surface area contributed by atoms with Gasteiger partial charge in [0.2, 0.25) is 0 Å². The van der Waals surface area contributed by atoms with Gasteiger partial charge in [-0.25, -0.2) is 4.98 Å². The van der Waals surface area contributed by atoms with Gasteiger partial charge < -0.3 is 4.57 Å². The molecule has 2 heterocycles. The maximum atomic E-state index is 4.79. The average molecular weight is 348 g/mol. The van der Waals surface area contributed by atoms with Crippen LogP contribution in [0.5, 0.6) is 0 Å². The Morgan fingerprint density at radius 3 is 2.70 bits per heavy atom. The van der Waals surface area contributed by atoms with Crippen molar-refractivity contribution < 1.29 is 0 Å². The average Bonchev–Trinajstić information content (AvgIpc) is 2.78. The minimum atomic E-state index is 0. The standard InChI is InChI=1S/C16H11BrN2.ClH/c1-19-9-13-12-8-10(17)6-7-14(12)18-16(13)11-4-2-3-5-15(11)19;/h2-9H,1H3;1H. The number of rotatable bonds is 0. The highest BCUT2D eigenvalue weighted by molar-refractivity contribution is 9.10. The summed E-state index contributed by atoms with van der Waals surface area (Å²) in [5.41, 5.74) is 4.55. The molecule has 0 atom stereocenters. The van der Waals surface area contributed by atoms with Crippen LogP contribution in [0.15, 0.2) is 53.1 Å². The number of pyridine rings is 1. The zero-order valence-corrected chi connectivity index (χ0v) is 13.2. The van der Waals surface area contributed by atoms with E-state index in [1.807, 2.05) is 6.07 Å². The van der Waals surface area contributed by atoms with Crippen molar-refractivity contribution in [3.8, 4) is 11.3 Å². The first kappa shape index (κ1) is 13.4. The van der Waals surface area contributed by atoms with Gasteiger partial charge in [0, 0.05) is 39.6 Å². The van der Waals surface area contributed by atoms with Gasteiger partial charge in [-0.2, -0.15) is 0 Å². The molecule has 2 aromatic rings. The molecule has 0 fully saturated rings. The van der Waals surface area contributed by atoms with Crippen LogP contribution in [0.1, 0.15) is 0 Å². The summed E-state index contributed by atoms with van der Waals surface area (Å²) in [6.07, 6.45) is 2.17. The van der Waals surface area contributed by atoms with Crippen LogP contribution in [-0.2, 0) is 7.05 Å². The van der Waals surface area contributed by atoms with Gasteiger partial charge in [0.1, 0.15) is 0 Å². The highest BCUT2D eigenvalue weighted by atomic mass is 79.9. The Hall–Kier alpha value is -1.58. The van der Waals surface area contributed by atoms with Crippen LogP contribution < -0.4 is 0 Å². The van der Waals surface area contributed by atoms with Crippen LogP contribution in [0.25, 0.3) is 33.1 Å². The van der Waals surface area contributed by atoms with Crippen molar-refractivity contribution in [2.45, 2.75) is 0 Å². The Morgan fingerprint density at radius 1 is 1.05 bits per heavy atom. The first-order valence-corrected chi connectivity index (χ1v) is 6.96. The Kier molecular flexibility index (Phi) is 3.19. The van der Waals surface area contributed by atoms with Gasteiger partial charge in [-0.1, -0.05) is 34.1 Å². The molecular weight excluding hydrogens is 336 g/mol. The predicted octanol–water partition coefficient (Wildman–Crippen LogP) is 5.02. The Morgan fingerprint density at radius 2 is 1.85 bits per heavy atom. The van der Waals surface area contributed by atoms with Gasteiger partial charge in [-0.15, -0.1) is 12.4 Å². The molecule has 20 heavy (non-hydrogen) atoms. The van der Waals surface area contributed by atoms with Crippen molar-refractivity contribution in [2.24, 2.45) is 7.05 Å². The predicted molar refractivity (Wildman–Crippen MR) is 89.8 cm³/mol. The molecule has 4 heteroatoms. The van der Waals surface area contributed by atoms with E-state index in [1.54, 1.807) is 0 Å². The lowest BCUT2D eigenvalue weighted by Gasteiger charge is -2.10. The molecule has 4 rings (SSSR count). The second-order valence-corrected chi connectivity index (χ2v) is 5.71. The smallest absolute Gasteiger partial charge is 0.0824 e. The molecule has 0 N–H and O–H groups in total. The summed E-state index contributed by atoms with van der Waals surface area (Å²) in [7, 11) is 2.08. The van der Waals surface area contributed by atoms with E-state index < -0.39 is 0 Å². The molecule has 100 valence electrons. The van der Waals surface area contributed by atoms with Crippen molar-refractivity contribution in [2.75, 3.05) is 0 Å². The molecule has 0 spiro atoms. The Balaban J connectivity index is 0.00000121. The lowest BCUT2D eigenvalue weighted by molar-refractivity contribution is 0.955. The lowest BCUT2D eigenvalue weighted by atomic mass is 10.1. The molecule has 0 saturated heterocycles. The first-order chi connectivity index (χ1) is 9.24. The van der Waals surface area contributed by atoms with E-state index in [9.17, 15) is 0 Å². The van der Waals surface area contributed by atoms with E-state index in [2.05, 4.69) is 70.1 Å². The topological polar surface area (TPSA) is 17.8 Å². The van der Waals surface area contributed by atoms with Crippen LogP contribution in [0.3, 0.4) is 0 Å². The van der Waals surface area contributed by atoms with Crippen LogP contribution >= 0.6 is 28.3 Å². The monoisotopic (exact) mass is 346 g/mol. The molecular formula is C16H12BrClN2. The third kappa shape index (κ3) is 1.81. The number of hydrogen-bond donors (Lipinski definition) is 0. The van der Waals surface area contributed by atoms with Crippen molar-refractivity contribution in [3.63, 3.8) is 0 Å². The molecule has 2 aliphatic rings. The van der Waals surface area contributed by atoms with Crippen molar-refractivity contribution in [1.29, 1.82) is 0 Å². The number of nitrogens with zero attached hydrogens (tertiary/aromatic N) is 2. The van der Waals surface area contributed by atoms with Gasteiger partial charge >= 0.3 is 0 Å². The molecule has 2 aliphatic heterocycles. The molecule has 0 unspecified atom stereocenters. The molecule has 2 aromatic carbocycles. The summed E-state index contributed by atoms with van der Waals surface area (Å²) < 4.78 is 3.25. The minimum absolute atomic E-state index is 0. The first-order valence-electron chi connectivity index (χ1n) is 6.17. The molecule has 0 aromatic heterocycles. The van der Waals surface area contributed by atoms with Gasteiger partial charge in [0.15, 0.2) is 0 Å². The largest absolute Gasteiger partial charge is 0.350 e. The maximum Gasteiger partial charge on any atom is 0.0824 e. The van der Waals surface area contributed by atoms with Gasteiger partial charge in [0.25, 0.3) is 0 Å². The molecule has 0 saturated carbocycles. The molecule has 2 nitrogen and oxygen atoms in total. The SMILES string of the molecule is Cl.Cn1cc2c3cc(Br)ccc3nc-2c2ccccc21. The van der Waals surface area contributed by atoms with Crippen LogP contribution in [0, 0.1) is 0 Å². The van der Waals surface area contributed by atoms with E-state index in [0.717, 1.165) is 15.7 Å². The summed E-state index contributed by atoms with van der Waals surface area (Å²) in [5, 5.41) is 2.40. The number of hydrogen-bond acceptors (Lipinski definition) is 1. The number of para-hydroxylation sites is 1. The Bertz CT molecular complexity index is 898. The fourth-order valence-electron chi connectivity index (χ4n) is 2.71. The fraction of sp³-hybridized carbons (Fsp3) is 0.0625. The number of halogens is 2. The Labute approximate surface area is 131 Å². The molecule has 0 radical (unpaired) electrons. The zero-order valence-electron chi connectivity index (χ0n) is 10.8. The summed E-state index contributed by atoms with van der Waals surface area (Å²) in [5.74, 6) is 0. The summed E-state index contributed by atoms with van der Waals surface area (Å²) in [6.45, 7) is 0. The van der Waals surface area contributed by atoms with Crippen LogP contribution in [0.2, 0.25) is 0 Å². The number of aromatic nitrogens is 2. The van der Waals surface area contributed by atoms with E-state index in [4.69, 9.17) is 4.98 Å². The summed E-state index contributed by atoms with van der Waals surface area (Å²) in [4.78, 5) is 4.79. The molecule has 0 amide bonds. The van der Waals surface area contributed by atoms with Crippen LogP contribution in [0.4, 0.5) is 0 Å². The van der Waals surface area contributed by atoms with Crippen molar-refractivity contribution >= 4 is 50.1 Å². The second kappa shape index (κ2) is 4.76. The molecule has 0 aliphatic carbocycles. The van der Waals surface area contributed by atoms with E-state index >= 15 is 0 Å². The van der Waals surface area contributed by atoms with E-state index in [0.29, 0.717) is 0 Å². The second-order valence-electron chi connectivity index (χ2n) is 4.79. The molecule has 0 bridgehead atoms. The number of fused-ring (bicyclic) bond motifs is 5. The van der Waals surface area contributed by atoms with Crippen molar-refractivity contribution in [3.05, 3.63) is 53.1 Å². The van der Waals surface area contributed by atoms with Gasteiger partial charge in [-0.3, -0.25) is 0 Å². The summed E-state index contributed by atoms with van der Waals surface area (Å²) >= 11 is 3.54. The maximum absolute atomic E-state index is 4.79. The summed E-state index contributed by atoms with van der Waals surface area (Å²) in [6, 6.07) is 14.6. The van der Waals surface area contributed by atoms with E-state index in [-0.39, 0.29) is 12.4 Å². The highest BCUT2D eigenvalue weighted by Gasteiger charge is 2.16. The lowest BCUT2D eigenvalue weighted by Crippen LogP contribution is -1.95. The van der Waals surface area contributed by atoms with Crippen LogP contribution in [-0.4, -0.2) is 9.55 Å². The zero-order chi connectivity index (χ0) is 13.0. The van der Waals surface area contributed by atoms with Crippen molar-refractivity contribution in [1.82, 2.24) is 9.55 Å². The third-order valence-electron chi connectivity index (χ3n) is 3.60. The minimum Gasteiger partial charge on any atom is -0.350 e. The highest BCUT2D eigenvalue weighted by Crippen LogP contribution is 2.37. The number of benzene rings is 2. The third-order valence-corrected chi connectivity index (χ3v) is 4.09. The quantitative estimate of drug-likeness (QED) is 0.437. The normalized spacial score (nSPS) is 11.1. The fourth-order valence-corrected chi connectivity index (χ4v) is 3.07. The number of aryl methyl sites for hydroxylation is 1. The van der Waals surface area contributed by atoms with Gasteiger partial charge in [0.05, 0.1) is 11.2 Å². The van der Waals surface area contributed by atoms with E-state index in [1.165, 1.54) is 21.9 Å².